The molecule has 0 unspecified atom stereocenters. The molecule has 0 aromatic heterocycles. The van der Waals surface area contributed by atoms with Gasteiger partial charge in [-0.3, -0.25) is 0 Å². The van der Waals surface area contributed by atoms with Crippen molar-refractivity contribution in [3.63, 3.8) is 0 Å². The van der Waals surface area contributed by atoms with Gasteiger partial charge in [0.2, 0.25) is 0 Å². The third kappa shape index (κ3) is 3.53. The lowest BCUT2D eigenvalue weighted by molar-refractivity contribution is 0.0566. The summed E-state index contributed by atoms with van der Waals surface area (Å²) in [5.74, 6) is -1.15. The van der Waals surface area contributed by atoms with Crippen LogP contribution in [0.2, 0.25) is 0 Å². The fourth-order valence-corrected chi connectivity index (χ4v) is 2.27. The van der Waals surface area contributed by atoms with Gasteiger partial charge in [-0.2, -0.15) is 8.78 Å². The first-order valence-corrected chi connectivity index (χ1v) is 6.82. The molecule has 0 aliphatic heterocycles. The minimum Gasteiger partial charge on any atom is -0.507 e. The van der Waals surface area contributed by atoms with Crippen LogP contribution in [0, 0.1) is 0 Å². The summed E-state index contributed by atoms with van der Waals surface area (Å²) in [7, 11) is 2.52. The van der Waals surface area contributed by atoms with E-state index in [2.05, 4.69) is 4.74 Å². The predicted octanol–water partition coefficient (Wildman–Crippen LogP) is 4.14. The molecule has 2 aromatic carbocycles. The van der Waals surface area contributed by atoms with Gasteiger partial charge in [0.1, 0.15) is 17.1 Å². The van der Waals surface area contributed by atoms with E-state index in [9.17, 15) is 18.7 Å². The minimum atomic E-state index is -3.84. The summed E-state index contributed by atoms with van der Waals surface area (Å²) in [6.45, 7) is 0. The van der Waals surface area contributed by atoms with Gasteiger partial charge in [0.15, 0.2) is 0 Å². The van der Waals surface area contributed by atoms with E-state index >= 15 is 0 Å². The molecule has 0 fully saturated rings. The normalized spacial score (nSPS) is 11.2. The summed E-state index contributed by atoms with van der Waals surface area (Å²) < 4.78 is 36.7. The van der Waals surface area contributed by atoms with Crippen LogP contribution >= 0.6 is 11.6 Å². The SMILES string of the molecule is COC(=O)c1c(O)cc(-c2ccc(OC)cc2)cc1C(F)(F)Cl. The number of hydrogen-bond acceptors (Lipinski definition) is 4. The Morgan fingerprint density at radius 1 is 1.13 bits per heavy atom. The molecule has 2 aromatic rings. The van der Waals surface area contributed by atoms with Gasteiger partial charge in [-0.15, -0.1) is 0 Å². The third-order valence-electron chi connectivity index (χ3n) is 3.24. The van der Waals surface area contributed by atoms with E-state index in [0.29, 0.717) is 11.3 Å². The van der Waals surface area contributed by atoms with Crippen LogP contribution in [-0.4, -0.2) is 25.3 Å². The average Bonchev–Trinajstić information content (AvgIpc) is 2.52. The van der Waals surface area contributed by atoms with Crippen molar-refractivity contribution in [2.24, 2.45) is 0 Å². The molecule has 1 N–H and O–H groups in total. The van der Waals surface area contributed by atoms with Gasteiger partial charge in [-0.1, -0.05) is 12.1 Å². The second-order valence-electron chi connectivity index (χ2n) is 4.64. The molecule has 2 rings (SSSR count). The van der Waals surface area contributed by atoms with Crippen molar-refractivity contribution in [3.05, 3.63) is 47.5 Å². The quantitative estimate of drug-likeness (QED) is 0.670. The molecule has 4 nitrogen and oxygen atoms in total. The van der Waals surface area contributed by atoms with Crippen molar-refractivity contribution in [3.8, 4) is 22.6 Å². The lowest BCUT2D eigenvalue weighted by Gasteiger charge is -2.16. The van der Waals surface area contributed by atoms with Gasteiger partial charge in [0, 0.05) is 0 Å². The van der Waals surface area contributed by atoms with Crippen LogP contribution in [0.25, 0.3) is 11.1 Å². The average molecular weight is 343 g/mol. The lowest BCUT2D eigenvalue weighted by atomic mass is 9.98. The monoisotopic (exact) mass is 342 g/mol. The largest absolute Gasteiger partial charge is 0.507 e. The van der Waals surface area contributed by atoms with E-state index in [1.165, 1.54) is 13.2 Å². The van der Waals surface area contributed by atoms with Crippen LogP contribution in [0.5, 0.6) is 11.5 Å². The number of ether oxygens (including phenoxy) is 2. The Balaban J connectivity index is 2.63. The highest BCUT2D eigenvalue weighted by Crippen LogP contribution is 2.41. The number of phenols is 1. The van der Waals surface area contributed by atoms with E-state index < -0.39 is 28.2 Å². The number of hydrogen-bond donors (Lipinski definition) is 1. The summed E-state index contributed by atoms with van der Waals surface area (Å²) >= 11 is 5.07. The van der Waals surface area contributed by atoms with Crippen LogP contribution in [0.4, 0.5) is 8.78 Å². The summed E-state index contributed by atoms with van der Waals surface area (Å²) in [5.41, 5.74) is -0.672. The van der Waals surface area contributed by atoms with E-state index in [-0.39, 0.29) is 5.56 Å². The zero-order chi connectivity index (χ0) is 17.2. The van der Waals surface area contributed by atoms with Crippen LogP contribution < -0.4 is 4.74 Å². The second kappa shape index (κ2) is 6.42. The van der Waals surface area contributed by atoms with Crippen molar-refractivity contribution in [2.75, 3.05) is 14.2 Å². The molecule has 0 saturated heterocycles. The van der Waals surface area contributed by atoms with Gasteiger partial charge in [0.25, 0.3) is 0 Å². The number of rotatable bonds is 4. The molecule has 0 saturated carbocycles. The molecular formula is C16H13ClF2O4. The Hall–Kier alpha value is -2.34. The number of halogens is 3. The topological polar surface area (TPSA) is 55.8 Å². The molecule has 0 radical (unpaired) electrons. The lowest BCUT2D eigenvalue weighted by Crippen LogP contribution is -2.14. The number of carbonyl (C=O) groups is 1. The maximum atomic E-state index is 13.6. The minimum absolute atomic E-state index is 0.271. The highest BCUT2D eigenvalue weighted by molar-refractivity contribution is 6.22. The fourth-order valence-electron chi connectivity index (χ4n) is 2.12. The summed E-state index contributed by atoms with van der Waals surface area (Å²) in [6, 6.07) is 8.77. The molecule has 0 bridgehead atoms. The molecule has 7 heteroatoms. The summed E-state index contributed by atoms with van der Waals surface area (Å²) in [4.78, 5) is 11.6. The van der Waals surface area contributed by atoms with Crippen molar-refractivity contribution >= 4 is 17.6 Å². The zero-order valence-corrected chi connectivity index (χ0v) is 13.0. The molecule has 0 spiro atoms. The molecular weight excluding hydrogens is 330 g/mol. The molecule has 0 amide bonds. The van der Waals surface area contributed by atoms with Crippen molar-refractivity contribution < 1.29 is 28.2 Å². The predicted molar refractivity (Wildman–Crippen MR) is 81.2 cm³/mol. The first kappa shape index (κ1) is 17.0. The van der Waals surface area contributed by atoms with Crippen LogP contribution in [0.1, 0.15) is 15.9 Å². The Kier molecular flexibility index (Phi) is 4.75. The second-order valence-corrected chi connectivity index (χ2v) is 5.11. The Morgan fingerprint density at radius 3 is 2.22 bits per heavy atom. The maximum absolute atomic E-state index is 13.6. The molecule has 0 aliphatic rings. The highest BCUT2D eigenvalue weighted by Gasteiger charge is 2.36. The third-order valence-corrected chi connectivity index (χ3v) is 3.44. The first-order valence-electron chi connectivity index (χ1n) is 6.45. The molecule has 0 atom stereocenters. The Morgan fingerprint density at radius 2 is 1.74 bits per heavy atom. The van der Waals surface area contributed by atoms with Crippen molar-refractivity contribution in [1.29, 1.82) is 0 Å². The van der Waals surface area contributed by atoms with E-state index in [1.807, 2.05) is 0 Å². The zero-order valence-electron chi connectivity index (χ0n) is 12.3. The number of alkyl halides is 3. The van der Waals surface area contributed by atoms with Gasteiger partial charge in [-0.25, -0.2) is 4.79 Å². The van der Waals surface area contributed by atoms with E-state index in [1.54, 1.807) is 24.3 Å². The van der Waals surface area contributed by atoms with Crippen LogP contribution in [-0.2, 0) is 10.1 Å². The number of aromatic hydroxyl groups is 1. The highest BCUT2D eigenvalue weighted by atomic mass is 35.5. The summed E-state index contributed by atoms with van der Waals surface area (Å²) in [5, 5.41) is 6.14. The molecule has 0 heterocycles. The van der Waals surface area contributed by atoms with Crippen molar-refractivity contribution in [1.82, 2.24) is 0 Å². The fraction of sp³-hybridized carbons (Fsp3) is 0.188. The van der Waals surface area contributed by atoms with Gasteiger partial charge < -0.3 is 14.6 Å². The van der Waals surface area contributed by atoms with Gasteiger partial charge >= 0.3 is 11.4 Å². The molecule has 0 aliphatic carbocycles. The van der Waals surface area contributed by atoms with E-state index in [0.717, 1.165) is 13.2 Å². The number of carbonyl (C=O) groups excluding carboxylic acids is 1. The maximum Gasteiger partial charge on any atom is 0.349 e. The van der Waals surface area contributed by atoms with Gasteiger partial charge in [0.05, 0.1) is 19.8 Å². The number of esters is 1. The van der Waals surface area contributed by atoms with Gasteiger partial charge in [-0.05, 0) is 47.0 Å². The number of benzene rings is 2. The number of phenolic OH excluding ortho intramolecular Hbond substituents is 1. The van der Waals surface area contributed by atoms with E-state index in [4.69, 9.17) is 16.3 Å². The Bertz CT molecular complexity index is 724. The van der Waals surface area contributed by atoms with Crippen LogP contribution in [0.3, 0.4) is 0 Å². The smallest absolute Gasteiger partial charge is 0.349 e. The Labute approximate surface area is 136 Å². The van der Waals surface area contributed by atoms with Crippen molar-refractivity contribution in [2.45, 2.75) is 5.38 Å². The molecule has 122 valence electrons. The number of methoxy groups -OCH3 is 2. The van der Waals surface area contributed by atoms with Crippen LogP contribution in [0.15, 0.2) is 36.4 Å². The first-order chi connectivity index (χ1) is 10.8. The summed E-state index contributed by atoms with van der Waals surface area (Å²) in [6.07, 6.45) is 0. The molecule has 23 heavy (non-hydrogen) atoms. The standard InChI is InChI=1S/C16H13ClF2O4/c1-22-11-5-3-9(4-6-11)10-7-12(16(17,18)19)14(13(20)8-10)15(21)23-2/h3-8,20H,1-2H3.